The van der Waals surface area contributed by atoms with Crippen LogP contribution in [-0.4, -0.2) is 30.4 Å². The standard InChI is InChI=1S/C11H13FIN3O/c1-16-3-2-9(11(16)17)15-10-4-6(12)7(13)5-8(10)14/h4-5,9,15H,2-3,14H2,1H3. The lowest BCUT2D eigenvalue weighted by molar-refractivity contribution is -0.127. The first-order chi connectivity index (χ1) is 7.99. The molecule has 0 saturated carbocycles. The van der Waals surface area contributed by atoms with Crippen molar-refractivity contribution in [1.29, 1.82) is 0 Å². The molecule has 1 fully saturated rings. The van der Waals surface area contributed by atoms with Crippen molar-refractivity contribution in [3.05, 3.63) is 21.5 Å². The number of nitrogen functional groups attached to an aromatic ring is 1. The van der Waals surface area contributed by atoms with Crippen LogP contribution in [0.4, 0.5) is 15.8 Å². The fourth-order valence-electron chi connectivity index (χ4n) is 1.83. The summed E-state index contributed by atoms with van der Waals surface area (Å²) in [5.74, 6) is -0.315. The van der Waals surface area contributed by atoms with Crippen molar-refractivity contribution in [1.82, 2.24) is 4.90 Å². The van der Waals surface area contributed by atoms with Gasteiger partial charge in [0.1, 0.15) is 11.9 Å². The third-order valence-corrected chi connectivity index (χ3v) is 3.68. The van der Waals surface area contributed by atoms with Gasteiger partial charge in [-0.1, -0.05) is 0 Å². The van der Waals surface area contributed by atoms with E-state index in [-0.39, 0.29) is 17.8 Å². The van der Waals surface area contributed by atoms with Gasteiger partial charge in [0, 0.05) is 19.7 Å². The van der Waals surface area contributed by atoms with Gasteiger partial charge in [0.05, 0.1) is 14.9 Å². The molecule has 0 spiro atoms. The van der Waals surface area contributed by atoms with Crippen LogP contribution in [0.5, 0.6) is 0 Å². The van der Waals surface area contributed by atoms with E-state index < -0.39 is 0 Å². The Morgan fingerprint density at radius 3 is 2.88 bits per heavy atom. The number of amides is 1. The van der Waals surface area contributed by atoms with Crippen LogP contribution in [0.2, 0.25) is 0 Å². The van der Waals surface area contributed by atoms with Gasteiger partial charge in [0.15, 0.2) is 0 Å². The minimum absolute atomic E-state index is 0.0170. The summed E-state index contributed by atoms with van der Waals surface area (Å²) in [7, 11) is 1.75. The highest BCUT2D eigenvalue weighted by Gasteiger charge is 2.29. The number of carbonyl (C=O) groups excluding carboxylic acids is 1. The molecule has 0 radical (unpaired) electrons. The van der Waals surface area contributed by atoms with Gasteiger partial charge < -0.3 is 16.0 Å². The Morgan fingerprint density at radius 2 is 2.29 bits per heavy atom. The van der Waals surface area contributed by atoms with Crippen LogP contribution < -0.4 is 11.1 Å². The number of anilines is 2. The van der Waals surface area contributed by atoms with E-state index in [1.54, 1.807) is 18.0 Å². The molecule has 0 aliphatic carbocycles. The number of benzene rings is 1. The molecule has 1 amide bonds. The Labute approximate surface area is 112 Å². The number of halogens is 2. The van der Waals surface area contributed by atoms with Crippen LogP contribution in [0, 0.1) is 9.39 Å². The van der Waals surface area contributed by atoms with Crippen molar-refractivity contribution in [2.24, 2.45) is 0 Å². The van der Waals surface area contributed by atoms with Gasteiger partial charge >= 0.3 is 0 Å². The van der Waals surface area contributed by atoms with E-state index in [1.807, 2.05) is 22.6 Å². The second-order valence-electron chi connectivity index (χ2n) is 4.10. The molecule has 1 atom stereocenters. The largest absolute Gasteiger partial charge is 0.397 e. The topological polar surface area (TPSA) is 58.4 Å². The predicted molar refractivity (Wildman–Crippen MR) is 73.2 cm³/mol. The fraction of sp³-hybridized carbons (Fsp3) is 0.364. The number of hydrogen-bond acceptors (Lipinski definition) is 3. The van der Waals surface area contributed by atoms with Gasteiger partial charge in [-0.15, -0.1) is 0 Å². The van der Waals surface area contributed by atoms with Crippen molar-refractivity contribution in [3.8, 4) is 0 Å². The summed E-state index contributed by atoms with van der Waals surface area (Å²) in [6.45, 7) is 0.712. The van der Waals surface area contributed by atoms with Crippen molar-refractivity contribution in [2.45, 2.75) is 12.5 Å². The molecule has 1 saturated heterocycles. The molecule has 4 nitrogen and oxygen atoms in total. The molecule has 1 aromatic carbocycles. The highest BCUT2D eigenvalue weighted by Crippen LogP contribution is 2.26. The zero-order valence-corrected chi connectivity index (χ0v) is 11.5. The average Bonchev–Trinajstić information content (AvgIpc) is 2.58. The van der Waals surface area contributed by atoms with Crippen LogP contribution in [0.1, 0.15) is 6.42 Å². The fourth-order valence-corrected chi connectivity index (χ4v) is 2.32. The zero-order valence-electron chi connectivity index (χ0n) is 9.34. The molecule has 3 N–H and O–H groups in total. The van der Waals surface area contributed by atoms with E-state index in [4.69, 9.17) is 5.73 Å². The molecule has 6 heteroatoms. The highest BCUT2D eigenvalue weighted by molar-refractivity contribution is 14.1. The summed E-state index contributed by atoms with van der Waals surface area (Å²) in [4.78, 5) is 13.3. The third-order valence-electron chi connectivity index (χ3n) is 2.85. The molecule has 1 aliphatic rings. The van der Waals surface area contributed by atoms with Crippen LogP contribution >= 0.6 is 22.6 Å². The maximum absolute atomic E-state index is 13.4. The molecule has 2 rings (SSSR count). The number of carbonyl (C=O) groups is 1. The van der Waals surface area contributed by atoms with Crippen LogP contribution in [0.15, 0.2) is 12.1 Å². The normalized spacial score (nSPS) is 19.8. The van der Waals surface area contributed by atoms with Gasteiger partial charge in [0.25, 0.3) is 0 Å². The number of nitrogens with one attached hydrogen (secondary N) is 1. The van der Waals surface area contributed by atoms with Gasteiger partial charge in [-0.25, -0.2) is 4.39 Å². The lowest BCUT2D eigenvalue weighted by Gasteiger charge is -2.15. The lowest BCUT2D eigenvalue weighted by atomic mass is 10.2. The van der Waals surface area contributed by atoms with Crippen LogP contribution in [0.25, 0.3) is 0 Å². The van der Waals surface area contributed by atoms with E-state index >= 15 is 0 Å². The third kappa shape index (κ3) is 2.46. The second kappa shape index (κ2) is 4.67. The van der Waals surface area contributed by atoms with Crippen molar-refractivity contribution in [2.75, 3.05) is 24.6 Å². The Balaban J connectivity index is 2.19. The number of nitrogens with two attached hydrogens (primary N) is 1. The van der Waals surface area contributed by atoms with E-state index in [2.05, 4.69) is 5.32 Å². The summed E-state index contributed by atoms with van der Waals surface area (Å²) in [5.41, 5.74) is 6.73. The van der Waals surface area contributed by atoms with Crippen molar-refractivity contribution >= 4 is 39.9 Å². The van der Waals surface area contributed by atoms with E-state index in [1.165, 1.54) is 6.07 Å². The molecule has 1 unspecified atom stereocenters. The summed E-state index contributed by atoms with van der Waals surface area (Å²) in [6, 6.07) is 2.59. The predicted octanol–water partition coefficient (Wildman–Crippen LogP) is 1.66. The minimum atomic E-state index is -0.332. The minimum Gasteiger partial charge on any atom is -0.397 e. The molecular formula is C11H13FIN3O. The highest BCUT2D eigenvalue weighted by atomic mass is 127. The first-order valence-electron chi connectivity index (χ1n) is 5.25. The van der Waals surface area contributed by atoms with Gasteiger partial charge in [-0.2, -0.15) is 0 Å². The molecule has 0 aromatic heterocycles. The first-order valence-corrected chi connectivity index (χ1v) is 6.33. The van der Waals surface area contributed by atoms with E-state index in [9.17, 15) is 9.18 Å². The average molecular weight is 349 g/mol. The molecule has 1 aliphatic heterocycles. The Bertz CT molecular complexity index is 466. The number of hydrogen-bond donors (Lipinski definition) is 2. The monoisotopic (exact) mass is 349 g/mol. The summed E-state index contributed by atoms with van der Waals surface area (Å²) >= 11 is 1.88. The molecule has 17 heavy (non-hydrogen) atoms. The number of likely N-dealkylation sites (N-methyl/N-ethyl adjacent to an activating group) is 1. The second-order valence-corrected chi connectivity index (χ2v) is 5.26. The van der Waals surface area contributed by atoms with Crippen molar-refractivity contribution in [3.63, 3.8) is 0 Å². The summed E-state index contributed by atoms with van der Waals surface area (Å²) < 4.78 is 13.9. The van der Waals surface area contributed by atoms with Crippen LogP contribution in [0.3, 0.4) is 0 Å². The Kier molecular flexibility index (Phi) is 3.41. The molecule has 1 heterocycles. The first kappa shape index (κ1) is 12.4. The van der Waals surface area contributed by atoms with Gasteiger partial charge in [-0.3, -0.25) is 4.79 Å². The van der Waals surface area contributed by atoms with Gasteiger partial charge in [0.2, 0.25) is 5.91 Å². The zero-order chi connectivity index (χ0) is 12.6. The Morgan fingerprint density at radius 1 is 1.59 bits per heavy atom. The molecule has 1 aromatic rings. The SMILES string of the molecule is CN1CCC(Nc2cc(F)c(I)cc2N)C1=O. The lowest BCUT2D eigenvalue weighted by Crippen LogP contribution is -2.31. The van der Waals surface area contributed by atoms with E-state index in [0.29, 0.717) is 27.9 Å². The maximum Gasteiger partial charge on any atom is 0.244 e. The molecule has 0 bridgehead atoms. The van der Waals surface area contributed by atoms with E-state index in [0.717, 1.165) is 0 Å². The smallest absolute Gasteiger partial charge is 0.244 e. The number of nitrogens with zero attached hydrogens (tertiary/aromatic N) is 1. The summed E-state index contributed by atoms with van der Waals surface area (Å²) in [5, 5.41) is 3.00. The number of rotatable bonds is 2. The van der Waals surface area contributed by atoms with Crippen LogP contribution in [-0.2, 0) is 4.79 Å². The maximum atomic E-state index is 13.4. The molecular weight excluding hydrogens is 336 g/mol. The molecule has 92 valence electrons. The Hall–Kier alpha value is -1.05. The number of likely N-dealkylation sites (tertiary alicyclic amines) is 1. The quantitative estimate of drug-likeness (QED) is 0.631. The van der Waals surface area contributed by atoms with Crippen molar-refractivity contribution < 1.29 is 9.18 Å². The van der Waals surface area contributed by atoms with Gasteiger partial charge in [-0.05, 0) is 35.1 Å². The summed E-state index contributed by atoms with van der Waals surface area (Å²) in [6.07, 6.45) is 0.711.